The first-order chi connectivity index (χ1) is 5.27. The van der Waals surface area contributed by atoms with Crippen molar-refractivity contribution >= 4 is 29.2 Å². The van der Waals surface area contributed by atoms with Crippen molar-refractivity contribution in [1.29, 1.82) is 0 Å². The van der Waals surface area contributed by atoms with Gasteiger partial charge >= 0.3 is 0 Å². The number of nitrogens with two attached hydrogens (primary N) is 1. The molecule has 0 saturated heterocycles. The Morgan fingerprint density at radius 2 is 2.18 bits per heavy atom. The van der Waals surface area contributed by atoms with E-state index in [0.29, 0.717) is 5.82 Å². The minimum absolute atomic E-state index is 0.253. The molecule has 0 fully saturated rings. The molecular formula is C6H6ClN3S. The highest BCUT2D eigenvalue weighted by Gasteiger charge is 2.17. The van der Waals surface area contributed by atoms with Gasteiger partial charge in [-0.25, -0.2) is 9.97 Å². The van der Waals surface area contributed by atoms with E-state index in [-0.39, 0.29) is 5.28 Å². The number of aromatic nitrogens is 2. The fourth-order valence-corrected chi connectivity index (χ4v) is 2.29. The van der Waals surface area contributed by atoms with Crippen LogP contribution in [0.1, 0.15) is 11.3 Å². The van der Waals surface area contributed by atoms with E-state index in [9.17, 15) is 0 Å². The zero-order valence-corrected chi connectivity index (χ0v) is 7.24. The molecule has 11 heavy (non-hydrogen) atoms. The molecule has 0 atom stereocenters. The maximum Gasteiger partial charge on any atom is 0.224 e. The van der Waals surface area contributed by atoms with Crippen LogP contribution in [0.4, 0.5) is 5.82 Å². The Morgan fingerprint density at radius 3 is 3.00 bits per heavy atom. The number of hydrogen-bond acceptors (Lipinski definition) is 4. The standard InChI is InChI=1S/C6H6ClN3S/c7-6-9-4-2-11-1-3(4)5(8)10-6/h1-2H2,(H2,8,9,10). The van der Waals surface area contributed by atoms with Crippen molar-refractivity contribution in [3.8, 4) is 0 Å². The quantitative estimate of drug-likeness (QED) is 0.625. The van der Waals surface area contributed by atoms with Crippen molar-refractivity contribution < 1.29 is 0 Å². The number of fused-ring (bicyclic) bond motifs is 1. The first kappa shape index (κ1) is 7.18. The Hall–Kier alpha value is -0.480. The van der Waals surface area contributed by atoms with Crippen LogP contribution in [0.15, 0.2) is 0 Å². The van der Waals surface area contributed by atoms with Crippen LogP contribution in [-0.4, -0.2) is 9.97 Å². The summed E-state index contributed by atoms with van der Waals surface area (Å²) in [5.74, 6) is 2.35. The lowest BCUT2D eigenvalue weighted by atomic mass is 10.2. The molecule has 0 bridgehead atoms. The summed E-state index contributed by atoms with van der Waals surface area (Å²) < 4.78 is 0. The minimum Gasteiger partial charge on any atom is -0.383 e. The summed E-state index contributed by atoms with van der Waals surface area (Å²) in [6.07, 6.45) is 0. The summed E-state index contributed by atoms with van der Waals surface area (Å²) in [5, 5.41) is 0.253. The molecule has 0 aliphatic carbocycles. The lowest BCUT2D eigenvalue weighted by molar-refractivity contribution is 1.07. The van der Waals surface area contributed by atoms with Crippen LogP contribution in [0.3, 0.4) is 0 Å². The van der Waals surface area contributed by atoms with E-state index in [4.69, 9.17) is 17.3 Å². The van der Waals surface area contributed by atoms with Crippen LogP contribution in [0.2, 0.25) is 5.28 Å². The van der Waals surface area contributed by atoms with Crippen LogP contribution in [0, 0.1) is 0 Å². The molecule has 0 radical (unpaired) electrons. The van der Waals surface area contributed by atoms with Gasteiger partial charge in [0, 0.05) is 17.1 Å². The molecule has 5 heteroatoms. The number of rotatable bonds is 0. The normalized spacial score (nSPS) is 15.0. The highest BCUT2D eigenvalue weighted by molar-refractivity contribution is 7.98. The molecule has 0 saturated carbocycles. The van der Waals surface area contributed by atoms with Gasteiger partial charge in [0.15, 0.2) is 0 Å². The van der Waals surface area contributed by atoms with Gasteiger partial charge in [0.1, 0.15) is 5.82 Å². The lowest BCUT2D eigenvalue weighted by Crippen LogP contribution is -2.00. The lowest BCUT2D eigenvalue weighted by Gasteiger charge is -2.00. The van der Waals surface area contributed by atoms with Crippen molar-refractivity contribution in [3.05, 3.63) is 16.5 Å². The number of halogens is 1. The fourth-order valence-electron chi connectivity index (χ4n) is 1.04. The maximum atomic E-state index is 5.62. The molecule has 2 rings (SSSR count). The van der Waals surface area contributed by atoms with Gasteiger partial charge in [-0.1, -0.05) is 0 Å². The first-order valence-corrected chi connectivity index (χ1v) is 4.69. The van der Waals surface area contributed by atoms with Gasteiger partial charge in [0.05, 0.1) is 5.69 Å². The fraction of sp³-hybridized carbons (Fsp3) is 0.333. The third-order valence-corrected chi connectivity index (χ3v) is 2.72. The highest BCUT2D eigenvalue weighted by atomic mass is 35.5. The minimum atomic E-state index is 0.253. The van der Waals surface area contributed by atoms with E-state index in [1.807, 2.05) is 0 Å². The maximum absolute atomic E-state index is 5.62. The summed E-state index contributed by atoms with van der Waals surface area (Å²) in [6, 6.07) is 0. The van der Waals surface area contributed by atoms with Crippen molar-refractivity contribution in [2.45, 2.75) is 11.5 Å². The Kier molecular flexibility index (Phi) is 1.65. The molecule has 0 aromatic carbocycles. The third-order valence-electron chi connectivity index (χ3n) is 1.58. The van der Waals surface area contributed by atoms with Crippen LogP contribution in [-0.2, 0) is 11.5 Å². The molecule has 0 spiro atoms. The van der Waals surface area contributed by atoms with Crippen LogP contribution >= 0.6 is 23.4 Å². The summed E-state index contributed by atoms with van der Waals surface area (Å²) >= 11 is 7.40. The number of nitrogen functional groups attached to an aromatic ring is 1. The molecule has 1 aliphatic heterocycles. The number of hydrogen-bond donors (Lipinski definition) is 1. The van der Waals surface area contributed by atoms with Crippen LogP contribution in [0.25, 0.3) is 0 Å². The second-order valence-electron chi connectivity index (χ2n) is 2.30. The zero-order chi connectivity index (χ0) is 7.84. The third kappa shape index (κ3) is 1.16. The summed E-state index contributed by atoms with van der Waals surface area (Å²) in [4.78, 5) is 7.93. The van der Waals surface area contributed by atoms with E-state index in [0.717, 1.165) is 22.8 Å². The van der Waals surface area contributed by atoms with E-state index < -0.39 is 0 Å². The Balaban J connectivity index is 2.60. The average Bonchev–Trinajstić information content (AvgIpc) is 2.34. The molecule has 1 aromatic heterocycles. The molecular weight excluding hydrogens is 182 g/mol. The Morgan fingerprint density at radius 1 is 1.36 bits per heavy atom. The zero-order valence-electron chi connectivity index (χ0n) is 5.67. The van der Waals surface area contributed by atoms with Gasteiger partial charge in [-0.05, 0) is 11.6 Å². The van der Waals surface area contributed by atoms with E-state index in [1.54, 1.807) is 11.8 Å². The number of thioether (sulfide) groups is 1. The van der Waals surface area contributed by atoms with E-state index >= 15 is 0 Å². The van der Waals surface area contributed by atoms with Crippen LogP contribution in [0.5, 0.6) is 0 Å². The predicted molar refractivity (Wildman–Crippen MR) is 46.5 cm³/mol. The monoisotopic (exact) mass is 187 g/mol. The summed E-state index contributed by atoms with van der Waals surface area (Å²) in [7, 11) is 0. The highest BCUT2D eigenvalue weighted by Crippen LogP contribution is 2.31. The molecule has 2 heterocycles. The van der Waals surface area contributed by atoms with Crippen molar-refractivity contribution in [3.63, 3.8) is 0 Å². The second-order valence-corrected chi connectivity index (χ2v) is 3.62. The second kappa shape index (κ2) is 2.53. The van der Waals surface area contributed by atoms with Crippen LogP contribution < -0.4 is 5.73 Å². The number of anilines is 1. The van der Waals surface area contributed by atoms with Crippen molar-refractivity contribution in [2.24, 2.45) is 0 Å². The van der Waals surface area contributed by atoms with Gasteiger partial charge in [0.2, 0.25) is 5.28 Å². The largest absolute Gasteiger partial charge is 0.383 e. The van der Waals surface area contributed by atoms with Gasteiger partial charge in [-0.3, -0.25) is 0 Å². The molecule has 0 amide bonds. The molecule has 1 aromatic rings. The topological polar surface area (TPSA) is 51.8 Å². The van der Waals surface area contributed by atoms with E-state index in [1.165, 1.54) is 0 Å². The Bertz CT molecular complexity index is 302. The smallest absolute Gasteiger partial charge is 0.224 e. The van der Waals surface area contributed by atoms with Gasteiger partial charge in [-0.15, -0.1) is 0 Å². The molecule has 3 nitrogen and oxygen atoms in total. The molecule has 0 unspecified atom stereocenters. The molecule has 58 valence electrons. The first-order valence-electron chi connectivity index (χ1n) is 3.16. The SMILES string of the molecule is Nc1nc(Cl)nc2c1CSC2. The van der Waals surface area contributed by atoms with Gasteiger partial charge in [-0.2, -0.15) is 11.8 Å². The van der Waals surface area contributed by atoms with Crippen molar-refractivity contribution in [1.82, 2.24) is 9.97 Å². The average molecular weight is 188 g/mol. The molecule has 2 N–H and O–H groups in total. The van der Waals surface area contributed by atoms with E-state index in [2.05, 4.69) is 9.97 Å². The Labute approximate surface area is 73.4 Å². The number of nitrogens with zero attached hydrogens (tertiary/aromatic N) is 2. The van der Waals surface area contributed by atoms with Gasteiger partial charge in [0.25, 0.3) is 0 Å². The summed E-state index contributed by atoms with van der Waals surface area (Å²) in [5.41, 5.74) is 7.67. The summed E-state index contributed by atoms with van der Waals surface area (Å²) in [6.45, 7) is 0. The van der Waals surface area contributed by atoms with Gasteiger partial charge < -0.3 is 5.73 Å². The predicted octanol–water partition coefficient (Wildman–Crippen LogP) is 1.46. The van der Waals surface area contributed by atoms with Crippen molar-refractivity contribution in [2.75, 3.05) is 5.73 Å². The molecule has 1 aliphatic rings.